The number of aromatic nitrogens is 2. The summed E-state index contributed by atoms with van der Waals surface area (Å²) in [4.78, 5) is 11.6. The smallest absolute Gasteiger partial charge is 0.254 e. The first kappa shape index (κ1) is 15.0. The third-order valence-electron chi connectivity index (χ3n) is 3.93. The fourth-order valence-electron chi connectivity index (χ4n) is 2.58. The summed E-state index contributed by atoms with van der Waals surface area (Å²) in [5.74, 6) is -0.516. The Bertz CT molecular complexity index is 775. The van der Waals surface area contributed by atoms with Gasteiger partial charge in [-0.05, 0) is 30.9 Å². The van der Waals surface area contributed by atoms with Crippen LogP contribution in [0.25, 0.3) is 0 Å². The third kappa shape index (κ3) is 3.16. The lowest BCUT2D eigenvalue weighted by Crippen LogP contribution is -2.13. The number of halogens is 1. The van der Waals surface area contributed by atoms with Crippen LogP contribution in [-0.2, 0) is 0 Å². The molecule has 1 aromatic carbocycles. The Labute approximate surface area is 132 Å². The van der Waals surface area contributed by atoms with E-state index in [0.717, 1.165) is 12.8 Å². The van der Waals surface area contributed by atoms with E-state index >= 15 is 0 Å². The topological polar surface area (TPSA) is 96.7 Å². The van der Waals surface area contributed by atoms with Crippen molar-refractivity contribution in [1.82, 2.24) is 9.78 Å². The lowest BCUT2D eigenvalue weighted by molar-refractivity contribution is 0.100. The Balaban J connectivity index is 1.94. The van der Waals surface area contributed by atoms with Crippen LogP contribution < -0.4 is 11.1 Å². The van der Waals surface area contributed by atoms with Gasteiger partial charge >= 0.3 is 0 Å². The van der Waals surface area contributed by atoms with Gasteiger partial charge in [-0.1, -0.05) is 12.1 Å². The number of nitrogens with two attached hydrogens (primary N) is 1. The van der Waals surface area contributed by atoms with E-state index in [1.165, 1.54) is 12.3 Å². The van der Waals surface area contributed by atoms with Gasteiger partial charge in [0.2, 0.25) is 0 Å². The van der Waals surface area contributed by atoms with E-state index in [2.05, 4.69) is 16.5 Å². The zero-order valence-corrected chi connectivity index (χ0v) is 12.4. The first-order valence-corrected chi connectivity index (χ1v) is 7.37. The highest BCUT2D eigenvalue weighted by atomic mass is 19.1. The number of para-hydroxylation sites is 1. The molecule has 118 valence electrons. The monoisotopic (exact) mass is 313 g/mol. The highest BCUT2D eigenvalue weighted by molar-refractivity contribution is 5.98. The van der Waals surface area contributed by atoms with Crippen molar-refractivity contribution in [3.8, 4) is 6.07 Å². The summed E-state index contributed by atoms with van der Waals surface area (Å²) in [5, 5.41) is 16.1. The number of benzene rings is 1. The quantitative estimate of drug-likeness (QED) is 0.857. The van der Waals surface area contributed by atoms with Gasteiger partial charge in [-0.3, -0.25) is 9.48 Å². The molecule has 1 heterocycles. The van der Waals surface area contributed by atoms with Crippen molar-refractivity contribution < 1.29 is 9.18 Å². The highest BCUT2D eigenvalue weighted by Crippen LogP contribution is 2.41. The molecule has 0 bridgehead atoms. The van der Waals surface area contributed by atoms with Gasteiger partial charge in [0, 0.05) is 6.20 Å². The first-order valence-electron chi connectivity index (χ1n) is 7.37. The number of hydrogen-bond acceptors (Lipinski definition) is 4. The zero-order valence-electron chi connectivity index (χ0n) is 12.4. The molecule has 1 saturated carbocycles. The normalized spacial score (nSPS) is 15.0. The Morgan fingerprint density at radius 1 is 1.52 bits per heavy atom. The molecule has 7 heteroatoms. The molecule has 1 unspecified atom stereocenters. The maximum absolute atomic E-state index is 13.8. The van der Waals surface area contributed by atoms with Gasteiger partial charge in [-0.2, -0.15) is 10.4 Å². The average Bonchev–Trinajstić information content (AvgIpc) is 3.27. The average molecular weight is 313 g/mol. The van der Waals surface area contributed by atoms with E-state index in [1.54, 1.807) is 22.9 Å². The maximum Gasteiger partial charge on any atom is 0.254 e. The van der Waals surface area contributed by atoms with E-state index in [0.29, 0.717) is 12.3 Å². The number of nitriles is 1. The number of nitrogens with one attached hydrogen (secondary N) is 1. The number of rotatable bonds is 6. The molecule has 1 atom stereocenters. The van der Waals surface area contributed by atoms with Gasteiger partial charge in [0.05, 0.1) is 24.2 Å². The molecule has 3 N–H and O–H groups in total. The molecule has 1 amide bonds. The van der Waals surface area contributed by atoms with Gasteiger partial charge in [0.15, 0.2) is 5.82 Å². The molecule has 1 aliphatic carbocycles. The molecule has 1 aliphatic rings. The molecule has 0 saturated heterocycles. The Kier molecular flexibility index (Phi) is 3.98. The van der Waals surface area contributed by atoms with Crippen molar-refractivity contribution in [3.63, 3.8) is 0 Å². The minimum atomic E-state index is -0.651. The summed E-state index contributed by atoms with van der Waals surface area (Å²) in [5.41, 5.74) is 5.78. The molecule has 1 fully saturated rings. The van der Waals surface area contributed by atoms with Crippen LogP contribution in [-0.4, -0.2) is 15.7 Å². The molecule has 23 heavy (non-hydrogen) atoms. The van der Waals surface area contributed by atoms with Gasteiger partial charge < -0.3 is 11.1 Å². The predicted octanol–water partition coefficient (Wildman–Crippen LogP) is 2.73. The van der Waals surface area contributed by atoms with Crippen molar-refractivity contribution in [2.45, 2.75) is 25.3 Å². The van der Waals surface area contributed by atoms with Crippen LogP contribution in [0.5, 0.6) is 0 Å². The SMILES string of the molecule is N#CCC(C1CC1)n1cc(C(N)=O)c(Nc2ccccc2F)n1. The maximum atomic E-state index is 13.8. The second-order valence-corrected chi connectivity index (χ2v) is 5.61. The molecular weight excluding hydrogens is 297 g/mol. The van der Waals surface area contributed by atoms with Crippen molar-refractivity contribution in [2.75, 3.05) is 5.32 Å². The number of primary amides is 1. The summed E-state index contributed by atoms with van der Waals surface area (Å²) in [6.07, 6.45) is 3.91. The summed E-state index contributed by atoms with van der Waals surface area (Å²) in [6, 6.07) is 8.17. The summed E-state index contributed by atoms with van der Waals surface area (Å²) >= 11 is 0. The largest absolute Gasteiger partial charge is 0.365 e. The van der Waals surface area contributed by atoms with Gasteiger partial charge in [-0.25, -0.2) is 4.39 Å². The van der Waals surface area contributed by atoms with Gasteiger partial charge in [0.1, 0.15) is 11.4 Å². The minimum Gasteiger partial charge on any atom is -0.365 e. The van der Waals surface area contributed by atoms with Crippen LogP contribution in [0.15, 0.2) is 30.5 Å². The summed E-state index contributed by atoms with van der Waals surface area (Å²) < 4.78 is 15.4. The van der Waals surface area contributed by atoms with Crippen LogP contribution >= 0.6 is 0 Å². The van der Waals surface area contributed by atoms with Crippen LogP contribution in [0.2, 0.25) is 0 Å². The lowest BCUT2D eigenvalue weighted by atomic mass is 10.1. The summed E-state index contributed by atoms with van der Waals surface area (Å²) in [7, 11) is 0. The van der Waals surface area contributed by atoms with E-state index < -0.39 is 11.7 Å². The van der Waals surface area contributed by atoms with Crippen LogP contribution in [0.4, 0.5) is 15.9 Å². The van der Waals surface area contributed by atoms with E-state index in [1.807, 2.05) is 0 Å². The molecule has 3 rings (SSSR count). The molecule has 0 spiro atoms. The third-order valence-corrected chi connectivity index (χ3v) is 3.93. The number of amides is 1. The highest BCUT2D eigenvalue weighted by Gasteiger charge is 2.33. The Morgan fingerprint density at radius 2 is 2.26 bits per heavy atom. The first-order chi connectivity index (χ1) is 11.1. The van der Waals surface area contributed by atoms with E-state index in [9.17, 15) is 9.18 Å². The molecule has 2 aromatic rings. The second kappa shape index (κ2) is 6.08. The fraction of sp³-hybridized carbons (Fsp3) is 0.312. The molecule has 0 aliphatic heterocycles. The number of anilines is 2. The number of nitrogens with zero attached hydrogens (tertiary/aromatic N) is 3. The molecule has 0 radical (unpaired) electrons. The van der Waals surface area contributed by atoms with Gasteiger partial charge in [-0.15, -0.1) is 0 Å². The predicted molar refractivity (Wildman–Crippen MR) is 82.4 cm³/mol. The van der Waals surface area contributed by atoms with Crippen molar-refractivity contribution in [3.05, 3.63) is 41.8 Å². The number of hydrogen-bond donors (Lipinski definition) is 2. The standard InChI is InChI=1S/C16H16FN5O/c17-12-3-1-2-4-13(12)20-16-11(15(19)23)9-22(21-16)14(7-8-18)10-5-6-10/h1-4,9-10,14H,5-7H2,(H2,19,23)(H,20,21). The number of carbonyl (C=O) groups excluding carboxylic acids is 1. The van der Waals surface area contributed by atoms with Crippen LogP contribution in [0, 0.1) is 23.1 Å². The Hall–Kier alpha value is -2.88. The van der Waals surface area contributed by atoms with Crippen molar-refractivity contribution >= 4 is 17.4 Å². The summed E-state index contributed by atoms with van der Waals surface area (Å²) in [6.45, 7) is 0. The van der Waals surface area contributed by atoms with Crippen molar-refractivity contribution in [2.24, 2.45) is 11.7 Å². The van der Waals surface area contributed by atoms with Crippen molar-refractivity contribution in [1.29, 1.82) is 5.26 Å². The van der Waals surface area contributed by atoms with Crippen LogP contribution in [0.1, 0.15) is 35.7 Å². The zero-order chi connectivity index (χ0) is 16.4. The molecule has 6 nitrogen and oxygen atoms in total. The number of carbonyl (C=O) groups is 1. The fourth-order valence-corrected chi connectivity index (χ4v) is 2.58. The molecular formula is C16H16FN5O. The van der Waals surface area contributed by atoms with E-state index in [4.69, 9.17) is 11.0 Å². The lowest BCUT2D eigenvalue weighted by Gasteiger charge is -2.12. The van der Waals surface area contributed by atoms with E-state index in [-0.39, 0.29) is 23.1 Å². The molecule has 1 aromatic heterocycles. The minimum absolute atomic E-state index is 0.0886. The Morgan fingerprint density at radius 3 is 2.87 bits per heavy atom. The van der Waals surface area contributed by atoms with Crippen LogP contribution in [0.3, 0.4) is 0 Å². The van der Waals surface area contributed by atoms with Gasteiger partial charge in [0.25, 0.3) is 5.91 Å². The second-order valence-electron chi connectivity index (χ2n) is 5.61.